The first-order valence-corrected chi connectivity index (χ1v) is 9.64. The van der Waals surface area contributed by atoms with E-state index in [1.165, 1.54) is 24.4 Å². The molecule has 9 nitrogen and oxygen atoms in total. The number of nitro benzene ring substituents is 1. The van der Waals surface area contributed by atoms with Crippen molar-refractivity contribution in [2.24, 2.45) is 5.10 Å². The van der Waals surface area contributed by atoms with Gasteiger partial charge < -0.3 is 10.1 Å². The van der Waals surface area contributed by atoms with Crippen LogP contribution < -0.4 is 15.5 Å². The number of ether oxygens (including phenoxy) is 1. The van der Waals surface area contributed by atoms with Crippen LogP contribution in [0.3, 0.4) is 0 Å². The van der Waals surface area contributed by atoms with Crippen LogP contribution in [0.5, 0.6) is 5.75 Å². The first-order valence-electron chi connectivity index (χ1n) is 9.64. The number of nitro groups is 1. The van der Waals surface area contributed by atoms with Crippen LogP contribution in [0.25, 0.3) is 0 Å². The summed E-state index contributed by atoms with van der Waals surface area (Å²) in [6.07, 6.45) is 1.19. The summed E-state index contributed by atoms with van der Waals surface area (Å²) in [5.74, 6) is -0.413. The predicted molar refractivity (Wildman–Crippen MR) is 120 cm³/mol. The van der Waals surface area contributed by atoms with Crippen LogP contribution >= 0.6 is 0 Å². The molecule has 3 aromatic rings. The third-order valence-corrected chi connectivity index (χ3v) is 4.27. The highest BCUT2D eigenvalue weighted by Crippen LogP contribution is 2.18. The fourth-order valence-electron chi connectivity index (χ4n) is 2.81. The zero-order valence-electron chi connectivity index (χ0n) is 16.9. The summed E-state index contributed by atoms with van der Waals surface area (Å²) in [5.41, 5.74) is 3.72. The number of para-hydroxylation sites is 3. The molecule has 0 bridgehead atoms. The van der Waals surface area contributed by atoms with Crippen LogP contribution in [0.2, 0.25) is 0 Å². The number of hydrazone groups is 1. The van der Waals surface area contributed by atoms with Gasteiger partial charge in [-0.2, -0.15) is 5.10 Å². The molecule has 0 heterocycles. The highest BCUT2D eigenvalue weighted by molar-refractivity contribution is 5.92. The Morgan fingerprint density at radius 2 is 1.62 bits per heavy atom. The number of carbonyl (C=O) groups excluding carboxylic acids is 2. The number of nitrogens with one attached hydrogen (secondary N) is 2. The van der Waals surface area contributed by atoms with Crippen molar-refractivity contribution in [2.45, 2.75) is 6.42 Å². The largest absolute Gasteiger partial charge is 0.483 e. The van der Waals surface area contributed by atoms with Gasteiger partial charge in [-0.3, -0.25) is 19.7 Å². The lowest BCUT2D eigenvalue weighted by molar-refractivity contribution is -0.385. The Labute approximate surface area is 183 Å². The number of rotatable bonds is 9. The average Bonchev–Trinajstić information content (AvgIpc) is 2.79. The van der Waals surface area contributed by atoms with Crippen molar-refractivity contribution in [3.63, 3.8) is 0 Å². The number of anilines is 1. The quantitative estimate of drug-likeness (QED) is 0.305. The topological polar surface area (TPSA) is 123 Å². The van der Waals surface area contributed by atoms with Crippen LogP contribution in [0.4, 0.5) is 11.4 Å². The van der Waals surface area contributed by atoms with Gasteiger partial charge in [0.2, 0.25) is 5.91 Å². The molecular weight excluding hydrogens is 412 g/mol. The Kier molecular flexibility index (Phi) is 7.63. The Balaban J connectivity index is 1.56. The Hall–Kier alpha value is -4.53. The van der Waals surface area contributed by atoms with E-state index in [0.29, 0.717) is 22.6 Å². The summed E-state index contributed by atoms with van der Waals surface area (Å²) in [6.45, 7) is -0.205. The Morgan fingerprint density at radius 1 is 0.938 bits per heavy atom. The summed E-state index contributed by atoms with van der Waals surface area (Å²) in [7, 11) is 0. The minimum absolute atomic E-state index is 0.126. The van der Waals surface area contributed by atoms with Gasteiger partial charge in [0.15, 0.2) is 6.61 Å². The molecule has 32 heavy (non-hydrogen) atoms. The first kappa shape index (κ1) is 22.2. The predicted octanol–water partition coefficient (Wildman–Crippen LogP) is 3.31. The van der Waals surface area contributed by atoms with E-state index in [1.807, 2.05) is 18.2 Å². The van der Waals surface area contributed by atoms with Gasteiger partial charge in [0.1, 0.15) is 5.75 Å². The molecule has 0 saturated heterocycles. The molecule has 162 valence electrons. The average molecular weight is 432 g/mol. The van der Waals surface area contributed by atoms with Gasteiger partial charge in [0.05, 0.1) is 17.6 Å². The molecule has 0 aliphatic rings. The molecule has 3 rings (SSSR count). The van der Waals surface area contributed by atoms with Crippen LogP contribution in [-0.4, -0.2) is 29.6 Å². The second kappa shape index (κ2) is 11.0. The molecule has 0 spiro atoms. The minimum atomic E-state index is -0.534. The van der Waals surface area contributed by atoms with E-state index in [2.05, 4.69) is 15.8 Å². The van der Waals surface area contributed by atoms with E-state index in [9.17, 15) is 19.7 Å². The van der Waals surface area contributed by atoms with Crippen molar-refractivity contribution >= 4 is 29.4 Å². The maximum Gasteiger partial charge on any atom is 0.273 e. The van der Waals surface area contributed by atoms with Crippen molar-refractivity contribution in [1.82, 2.24) is 5.43 Å². The van der Waals surface area contributed by atoms with Crippen LogP contribution in [-0.2, 0) is 16.0 Å². The van der Waals surface area contributed by atoms with Crippen LogP contribution in [0.1, 0.15) is 11.1 Å². The second-order valence-corrected chi connectivity index (χ2v) is 6.60. The third-order valence-electron chi connectivity index (χ3n) is 4.27. The molecule has 2 amide bonds. The van der Waals surface area contributed by atoms with Crippen molar-refractivity contribution in [1.29, 1.82) is 0 Å². The van der Waals surface area contributed by atoms with Gasteiger partial charge in [-0.15, -0.1) is 0 Å². The molecule has 0 fully saturated rings. The molecule has 0 saturated carbocycles. The lowest BCUT2D eigenvalue weighted by Crippen LogP contribution is -2.21. The van der Waals surface area contributed by atoms with Crippen molar-refractivity contribution in [2.75, 3.05) is 11.9 Å². The zero-order valence-corrected chi connectivity index (χ0v) is 16.9. The van der Waals surface area contributed by atoms with Crippen LogP contribution in [0.15, 0.2) is 84.0 Å². The van der Waals surface area contributed by atoms with E-state index in [1.54, 1.807) is 42.5 Å². The smallest absolute Gasteiger partial charge is 0.273 e. The number of amides is 2. The molecule has 0 radical (unpaired) electrons. The fraction of sp³-hybridized carbons (Fsp3) is 0.0870. The number of hydrogen-bond acceptors (Lipinski definition) is 6. The molecule has 0 aliphatic heterocycles. The van der Waals surface area contributed by atoms with E-state index < -0.39 is 10.8 Å². The molecule has 9 heteroatoms. The fourth-order valence-corrected chi connectivity index (χ4v) is 2.81. The highest BCUT2D eigenvalue weighted by Gasteiger charge is 2.15. The maximum absolute atomic E-state index is 12.1. The summed E-state index contributed by atoms with van der Waals surface area (Å²) in [4.78, 5) is 34.7. The third kappa shape index (κ3) is 6.49. The Morgan fingerprint density at radius 3 is 2.41 bits per heavy atom. The van der Waals surface area contributed by atoms with Crippen LogP contribution in [0, 0.1) is 10.1 Å². The second-order valence-electron chi connectivity index (χ2n) is 6.60. The summed E-state index contributed by atoms with van der Waals surface area (Å²) < 4.78 is 5.58. The molecule has 0 aliphatic carbocycles. The van der Waals surface area contributed by atoms with Gasteiger partial charge in [-0.1, -0.05) is 48.5 Å². The van der Waals surface area contributed by atoms with Crippen molar-refractivity contribution < 1.29 is 19.2 Å². The molecule has 0 atom stereocenters. The zero-order chi connectivity index (χ0) is 22.8. The van der Waals surface area contributed by atoms with E-state index >= 15 is 0 Å². The Bertz CT molecular complexity index is 1130. The monoisotopic (exact) mass is 432 g/mol. The van der Waals surface area contributed by atoms with E-state index in [4.69, 9.17) is 4.74 Å². The minimum Gasteiger partial charge on any atom is -0.483 e. The first-order chi connectivity index (χ1) is 15.5. The lowest BCUT2D eigenvalue weighted by Gasteiger charge is -2.09. The normalized spacial score (nSPS) is 10.5. The molecular formula is C23H20N4O5. The van der Waals surface area contributed by atoms with Gasteiger partial charge >= 0.3 is 0 Å². The van der Waals surface area contributed by atoms with E-state index in [0.717, 1.165) is 0 Å². The lowest BCUT2D eigenvalue weighted by atomic mass is 10.1. The molecule has 2 N–H and O–H groups in total. The summed E-state index contributed by atoms with van der Waals surface area (Å²) >= 11 is 0. The number of carbonyl (C=O) groups is 2. The standard InChI is InChI=1S/C23H20N4O5/c28-22(14-17-8-4-6-12-20(17)27(30)31)26-24-15-18-9-5-7-13-21(18)32-16-23(29)25-19-10-2-1-3-11-19/h1-13,15H,14,16H2,(H,25,29)(H,26,28)/b24-15+. The van der Waals surface area contributed by atoms with Gasteiger partial charge in [0.25, 0.3) is 11.6 Å². The van der Waals surface area contributed by atoms with Gasteiger partial charge in [-0.05, 0) is 24.3 Å². The van der Waals surface area contributed by atoms with Crippen molar-refractivity contribution in [3.05, 3.63) is 100 Å². The molecule has 3 aromatic carbocycles. The number of nitrogens with zero attached hydrogens (tertiary/aromatic N) is 2. The maximum atomic E-state index is 12.1. The van der Waals surface area contributed by atoms with Crippen molar-refractivity contribution in [3.8, 4) is 5.75 Å². The highest BCUT2D eigenvalue weighted by atomic mass is 16.6. The number of benzene rings is 3. The van der Waals surface area contributed by atoms with E-state index in [-0.39, 0.29) is 24.6 Å². The van der Waals surface area contributed by atoms with Gasteiger partial charge in [0, 0.05) is 22.9 Å². The summed E-state index contributed by atoms with van der Waals surface area (Å²) in [6, 6.07) is 21.9. The number of hydrogen-bond donors (Lipinski definition) is 2. The molecule has 0 aromatic heterocycles. The molecule has 0 unspecified atom stereocenters. The summed E-state index contributed by atoms with van der Waals surface area (Å²) in [5, 5.41) is 17.7. The van der Waals surface area contributed by atoms with Gasteiger partial charge in [-0.25, -0.2) is 5.43 Å². The SMILES string of the molecule is O=C(Cc1ccccc1[N+](=O)[O-])N/N=C/c1ccccc1OCC(=O)Nc1ccccc1.